The molecule has 1 saturated carbocycles. The molecule has 1 atom stereocenters. The molecule has 1 N–H and O–H groups in total. The van der Waals surface area contributed by atoms with Crippen LogP contribution < -0.4 is 5.32 Å². The zero-order valence-electron chi connectivity index (χ0n) is 14.5. The first-order chi connectivity index (χ1) is 10.2. The molecule has 0 aromatic carbocycles. The van der Waals surface area contributed by atoms with Crippen molar-refractivity contribution in [3.05, 3.63) is 0 Å². The predicted molar refractivity (Wildman–Crippen MR) is 90.3 cm³/mol. The van der Waals surface area contributed by atoms with Crippen LogP contribution in [-0.2, 0) is 0 Å². The third-order valence-electron chi connectivity index (χ3n) is 4.61. The Balaban J connectivity index is 2.36. The largest absolute Gasteiger partial charge is 0.303 e. The lowest BCUT2D eigenvalue weighted by atomic mass is 9.91. The third-order valence-corrected chi connectivity index (χ3v) is 4.61. The minimum Gasteiger partial charge on any atom is -0.303 e. The minimum atomic E-state index is -0.275. The summed E-state index contributed by atoms with van der Waals surface area (Å²) >= 11 is 0. The van der Waals surface area contributed by atoms with Crippen molar-refractivity contribution in [1.82, 2.24) is 10.2 Å². The molecule has 0 spiro atoms. The smallest absolute Gasteiger partial charge is 0.106 e. The highest BCUT2D eigenvalue weighted by Gasteiger charge is 2.34. The van der Waals surface area contributed by atoms with Gasteiger partial charge in [0.15, 0.2) is 0 Å². The van der Waals surface area contributed by atoms with E-state index in [1.165, 1.54) is 51.6 Å². The molecule has 0 aromatic rings. The number of nitrogens with one attached hydrogen (secondary N) is 1. The fraction of sp³-hybridized carbons (Fsp3) is 0.944. The van der Waals surface area contributed by atoms with Crippen LogP contribution in [0.1, 0.15) is 78.6 Å². The zero-order chi connectivity index (χ0) is 15.6. The molecule has 3 nitrogen and oxygen atoms in total. The van der Waals surface area contributed by atoms with Gasteiger partial charge in [-0.25, -0.2) is 0 Å². The van der Waals surface area contributed by atoms with E-state index in [0.717, 1.165) is 25.8 Å². The molecule has 0 bridgehead atoms. The average Bonchev–Trinajstić information content (AvgIpc) is 3.32. The highest BCUT2D eigenvalue weighted by Crippen LogP contribution is 2.26. The molecule has 1 rings (SSSR count). The van der Waals surface area contributed by atoms with E-state index in [2.05, 4.69) is 37.1 Å². The van der Waals surface area contributed by atoms with Gasteiger partial charge >= 0.3 is 0 Å². The molecule has 1 unspecified atom stereocenters. The van der Waals surface area contributed by atoms with Crippen molar-refractivity contribution in [3.8, 4) is 6.07 Å². The number of unbranched alkanes of at least 4 members (excludes halogenated alkanes) is 2. The molecule has 0 radical (unpaired) electrons. The summed E-state index contributed by atoms with van der Waals surface area (Å²) in [5, 5.41) is 13.2. The van der Waals surface area contributed by atoms with E-state index in [-0.39, 0.29) is 5.54 Å². The van der Waals surface area contributed by atoms with Crippen LogP contribution in [0, 0.1) is 11.3 Å². The van der Waals surface area contributed by atoms with Crippen LogP contribution in [0.4, 0.5) is 0 Å². The Morgan fingerprint density at radius 2 is 1.62 bits per heavy atom. The van der Waals surface area contributed by atoms with Crippen LogP contribution in [0.2, 0.25) is 0 Å². The molecular weight excluding hydrogens is 258 g/mol. The maximum atomic E-state index is 9.58. The van der Waals surface area contributed by atoms with Crippen LogP contribution in [0.5, 0.6) is 0 Å². The second-order valence-electron chi connectivity index (χ2n) is 6.62. The Bertz CT molecular complexity index is 298. The molecule has 0 saturated heterocycles. The molecule has 0 heterocycles. The van der Waals surface area contributed by atoms with Crippen molar-refractivity contribution < 1.29 is 0 Å². The molecule has 0 amide bonds. The van der Waals surface area contributed by atoms with Crippen molar-refractivity contribution in [3.63, 3.8) is 0 Å². The van der Waals surface area contributed by atoms with Gasteiger partial charge in [-0.2, -0.15) is 5.26 Å². The topological polar surface area (TPSA) is 39.1 Å². The van der Waals surface area contributed by atoms with E-state index in [9.17, 15) is 5.26 Å². The Labute approximate surface area is 132 Å². The number of nitrogens with zero attached hydrogens (tertiary/aromatic N) is 2. The van der Waals surface area contributed by atoms with Crippen molar-refractivity contribution >= 4 is 0 Å². The lowest BCUT2D eigenvalue weighted by Crippen LogP contribution is -2.45. The van der Waals surface area contributed by atoms with Gasteiger partial charge in [0.05, 0.1) is 6.07 Å². The van der Waals surface area contributed by atoms with Crippen molar-refractivity contribution in [1.29, 1.82) is 5.26 Å². The standard InChI is InChI=1S/C18H35N3/c1-4-7-13-21(14-8-5-2)15-9-12-18(6-3,16-19)20-17-10-11-17/h17,20H,4-15H2,1-3H3. The fourth-order valence-corrected chi connectivity index (χ4v) is 2.84. The maximum absolute atomic E-state index is 9.58. The number of hydrogen-bond donors (Lipinski definition) is 1. The summed E-state index contributed by atoms with van der Waals surface area (Å²) in [6, 6.07) is 3.18. The first-order valence-electron chi connectivity index (χ1n) is 9.11. The Morgan fingerprint density at radius 1 is 1.05 bits per heavy atom. The van der Waals surface area contributed by atoms with Gasteiger partial charge in [0.1, 0.15) is 5.54 Å². The molecule has 3 heteroatoms. The first kappa shape index (κ1) is 18.5. The predicted octanol–water partition coefficient (Wildman–Crippen LogP) is 4.09. The lowest BCUT2D eigenvalue weighted by Gasteiger charge is -2.29. The van der Waals surface area contributed by atoms with Gasteiger partial charge < -0.3 is 4.90 Å². The highest BCUT2D eigenvalue weighted by atomic mass is 15.1. The molecule has 1 fully saturated rings. The summed E-state index contributed by atoms with van der Waals surface area (Å²) < 4.78 is 0. The Kier molecular flexibility index (Phi) is 8.96. The van der Waals surface area contributed by atoms with Crippen molar-refractivity contribution in [2.75, 3.05) is 19.6 Å². The van der Waals surface area contributed by atoms with Crippen LogP contribution in [0.3, 0.4) is 0 Å². The molecule has 0 aliphatic heterocycles. The second kappa shape index (κ2) is 10.2. The Morgan fingerprint density at radius 3 is 2.05 bits per heavy atom. The molecule has 0 aromatic heterocycles. The third kappa shape index (κ3) is 7.29. The van der Waals surface area contributed by atoms with Crippen molar-refractivity contribution in [2.24, 2.45) is 0 Å². The van der Waals surface area contributed by atoms with E-state index in [1.807, 2.05) is 0 Å². The van der Waals surface area contributed by atoms with Gasteiger partial charge in [-0.15, -0.1) is 0 Å². The second-order valence-corrected chi connectivity index (χ2v) is 6.62. The fourth-order valence-electron chi connectivity index (χ4n) is 2.84. The first-order valence-corrected chi connectivity index (χ1v) is 9.11. The number of rotatable bonds is 13. The van der Waals surface area contributed by atoms with Gasteiger partial charge in [-0.1, -0.05) is 33.6 Å². The van der Waals surface area contributed by atoms with Crippen LogP contribution in [0.25, 0.3) is 0 Å². The summed E-state index contributed by atoms with van der Waals surface area (Å²) in [5.74, 6) is 0. The van der Waals surface area contributed by atoms with Crippen LogP contribution >= 0.6 is 0 Å². The molecular formula is C18H35N3. The number of nitriles is 1. The summed E-state index contributed by atoms with van der Waals surface area (Å²) in [6.07, 6.45) is 10.7. The summed E-state index contributed by atoms with van der Waals surface area (Å²) in [6.45, 7) is 10.3. The SMILES string of the molecule is CCCCN(CCCC)CCCC(C#N)(CC)NC1CC1. The van der Waals surface area contributed by atoms with E-state index in [1.54, 1.807) is 0 Å². The average molecular weight is 293 g/mol. The maximum Gasteiger partial charge on any atom is 0.106 e. The zero-order valence-corrected chi connectivity index (χ0v) is 14.5. The van der Waals surface area contributed by atoms with Crippen LogP contribution in [0.15, 0.2) is 0 Å². The highest BCUT2D eigenvalue weighted by molar-refractivity contribution is 5.09. The summed E-state index contributed by atoms with van der Waals surface area (Å²) in [5.41, 5.74) is -0.275. The summed E-state index contributed by atoms with van der Waals surface area (Å²) in [4.78, 5) is 2.60. The van der Waals surface area contributed by atoms with Crippen LogP contribution in [-0.4, -0.2) is 36.1 Å². The normalized spacial score (nSPS) is 17.7. The van der Waals surface area contributed by atoms with Gasteiger partial charge in [-0.3, -0.25) is 5.32 Å². The van der Waals surface area contributed by atoms with E-state index in [4.69, 9.17) is 0 Å². The molecule has 1 aliphatic rings. The van der Waals surface area contributed by atoms with Gasteiger partial charge in [0.2, 0.25) is 0 Å². The summed E-state index contributed by atoms with van der Waals surface area (Å²) in [7, 11) is 0. The molecule has 122 valence electrons. The monoisotopic (exact) mass is 293 g/mol. The van der Waals surface area contributed by atoms with E-state index >= 15 is 0 Å². The molecule has 21 heavy (non-hydrogen) atoms. The van der Waals surface area contributed by atoms with Gasteiger partial charge in [-0.05, 0) is 64.6 Å². The van der Waals surface area contributed by atoms with E-state index in [0.29, 0.717) is 6.04 Å². The van der Waals surface area contributed by atoms with Crippen molar-refractivity contribution in [2.45, 2.75) is 90.1 Å². The van der Waals surface area contributed by atoms with Gasteiger partial charge in [0.25, 0.3) is 0 Å². The lowest BCUT2D eigenvalue weighted by molar-refractivity contribution is 0.245. The van der Waals surface area contributed by atoms with E-state index < -0.39 is 0 Å². The van der Waals surface area contributed by atoms with Gasteiger partial charge in [0, 0.05) is 6.04 Å². The molecule has 1 aliphatic carbocycles. The minimum absolute atomic E-state index is 0.275. The number of hydrogen-bond acceptors (Lipinski definition) is 3. The quantitative estimate of drug-likeness (QED) is 0.556. The Hall–Kier alpha value is -0.590.